The Morgan fingerprint density at radius 3 is 2.56 bits per heavy atom. The van der Waals surface area contributed by atoms with E-state index in [9.17, 15) is 9.90 Å². The predicted octanol–water partition coefficient (Wildman–Crippen LogP) is 2.73. The summed E-state index contributed by atoms with van der Waals surface area (Å²) >= 11 is 0. The van der Waals surface area contributed by atoms with Crippen molar-refractivity contribution in [2.45, 2.75) is 39.8 Å². The fourth-order valence-corrected chi connectivity index (χ4v) is 3.32. The van der Waals surface area contributed by atoms with Crippen LogP contribution >= 0.6 is 0 Å². The van der Waals surface area contributed by atoms with E-state index in [-0.39, 0.29) is 17.5 Å². The number of benzene rings is 1. The molecule has 0 atom stereocenters. The fourth-order valence-electron chi connectivity index (χ4n) is 3.32. The molecule has 1 N–H and O–H groups in total. The lowest BCUT2D eigenvalue weighted by atomic mass is 9.89. The maximum absolute atomic E-state index is 12.6. The van der Waals surface area contributed by atoms with Crippen molar-refractivity contribution in [3.63, 3.8) is 0 Å². The number of carbonyl (C=O) groups is 1. The van der Waals surface area contributed by atoms with Gasteiger partial charge in [0.1, 0.15) is 17.9 Å². The van der Waals surface area contributed by atoms with Crippen LogP contribution < -0.4 is 0 Å². The first-order valence-corrected chi connectivity index (χ1v) is 8.95. The van der Waals surface area contributed by atoms with E-state index < -0.39 is 0 Å². The number of Topliss-reactive ketones (excluding diaryl/α,β-unsaturated/α-hetero) is 1. The van der Waals surface area contributed by atoms with Gasteiger partial charge in [0, 0.05) is 18.0 Å². The zero-order chi connectivity index (χ0) is 17.8. The number of hydrogen-bond acceptors (Lipinski definition) is 5. The average Bonchev–Trinajstić information content (AvgIpc) is 3.02. The quantitative estimate of drug-likeness (QED) is 0.817. The van der Waals surface area contributed by atoms with Crippen molar-refractivity contribution in [2.75, 3.05) is 13.1 Å². The number of ketones is 1. The highest BCUT2D eigenvalue weighted by Crippen LogP contribution is 2.23. The van der Waals surface area contributed by atoms with Gasteiger partial charge in [-0.05, 0) is 56.1 Å². The van der Waals surface area contributed by atoms with Crippen LogP contribution in [0, 0.1) is 11.8 Å². The average molecular weight is 342 g/mol. The van der Waals surface area contributed by atoms with Gasteiger partial charge in [-0.3, -0.25) is 9.69 Å². The number of carbonyl (C=O) groups excluding carboxylic acids is 1. The molecule has 25 heavy (non-hydrogen) atoms. The maximum atomic E-state index is 12.6. The number of aromatic hydroxyl groups is 1. The molecule has 0 spiro atoms. The first-order valence-electron chi connectivity index (χ1n) is 8.95. The molecule has 0 amide bonds. The van der Waals surface area contributed by atoms with Crippen LogP contribution in [0.3, 0.4) is 0 Å². The molecule has 1 fully saturated rings. The number of nitrogens with zero attached hydrogens (tertiary/aromatic N) is 4. The molecular formula is C19H26N4O2. The minimum absolute atomic E-state index is 0.0642. The van der Waals surface area contributed by atoms with Gasteiger partial charge in [0.05, 0.1) is 6.54 Å². The molecule has 6 nitrogen and oxygen atoms in total. The van der Waals surface area contributed by atoms with Gasteiger partial charge in [0.25, 0.3) is 0 Å². The molecule has 6 heteroatoms. The van der Waals surface area contributed by atoms with E-state index >= 15 is 0 Å². The fraction of sp³-hybridized carbons (Fsp3) is 0.526. The summed E-state index contributed by atoms with van der Waals surface area (Å²) in [6.45, 7) is 7.79. The Morgan fingerprint density at radius 2 is 1.92 bits per heavy atom. The Balaban J connectivity index is 1.54. The SMILES string of the molecule is CC(C)Cn1ncnc1CN1CCC(C(=O)c2ccc(O)cc2)CC1. The predicted molar refractivity (Wildman–Crippen MR) is 95.3 cm³/mol. The van der Waals surface area contributed by atoms with Gasteiger partial charge in [0.2, 0.25) is 0 Å². The smallest absolute Gasteiger partial charge is 0.166 e. The third-order valence-corrected chi connectivity index (χ3v) is 4.71. The van der Waals surface area contributed by atoms with E-state index in [0.29, 0.717) is 11.5 Å². The van der Waals surface area contributed by atoms with E-state index in [1.54, 1.807) is 30.6 Å². The minimum Gasteiger partial charge on any atom is -0.508 e. The molecule has 1 aromatic carbocycles. The Labute approximate surface area is 148 Å². The van der Waals surface area contributed by atoms with Crippen molar-refractivity contribution < 1.29 is 9.90 Å². The lowest BCUT2D eigenvalue weighted by Crippen LogP contribution is -2.36. The van der Waals surface area contributed by atoms with Crippen LogP contribution in [0.4, 0.5) is 0 Å². The number of aromatic nitrogens is 3. The number of hydrogen-bond donors (Lipinski definition) is 1. The Kier molecular flexibility index (Phi) is 5.48. The van der Waals surface area contributed by atoms with Crippen molar-refractivity contribution >= 4 is 5.78 Å². The lowest BCUT2D eigenvalue weighted by Gasteiger charge is -2.31. The summed E-state index contributed by atoms with van der Waals surface area (Å²) in [5, 5.41) is 13.7. The van der Waals surface area contributed by atoms with Gasteiger partial charge >= 0.3 is 0 Å². The van der Waals surface area contributed by atoms with Crippen LogP contribution in [-0.4, -0.2) is 43.6 Å². The summed E-state index contributed by atoms with van der Waals surface area (Å²) in [5.41, 5.74) is 0.688. The molecule has 1 aliphatic rings. The van der Waals surface area contributed by atoms with Crippen molar-refractivity contribution in [2.24, 2.45) is 11.8 Å². The van der Waals surface area contributed by atoms with E-state index in [0.717, 1.165) is 44.8 Å². The number of phenolic OH excluding ortho intramolecular Hbond substituents is 1. The van der Waals surface area contributed by atoms with Crippen molar-refractivity contribution in [1.82, 2.24) is 19.7 Å². The van der Waals surface area contributed by atoms with E-state index in [1.165, 1.54) is 0 Å². The van der Waals surface area contributed by atoms with Crippen LogP contribution in [-0.2, 0) is 13.1 Å². The summed E-state index contributed by atoms with van der Waals surface area (Å²) in [4.78, 5) is 19.3. The molecular weight excluding hydrogens is 316 g/mol. The number of phenols is 1. The van der Waals surface area contributed by atoms with Gasteiger partial charge in [-0.2, -0.15) is 5.10 Å². The highest BCUT2D eigenvalue weighted by atomic mass is 16.3. The normalized spacial score (nSPS) is 16.4. The molecule has 1 aromatic heterocycles. The zero-order valence-electron chi connectivity index (χ0n) is 14.9. The van der Waals surface area contributed by atoms with Crippen molar-refractivity contribution in [3.05, 3.63) is 42.0 Å². The molecule has 0 saturated carbocycles. The summed E-state index contributed by atoms with van der Waals surface area (Å²) in [5.74, 6) is 1.97. The summed E-state index contributed by atoms with van der Waals surface area (Å²) < 4.78 is 1.98. The largest absolute Gasteiger partial charge is 0.508 e. The molecule has 1 saturated heterocycles. The number of piperidine rings is 1. The molecule has 2 heterocycles. The summed E-state index contributed by atoms with van der Waals surface area (Å²) in [7, 11) is 0. The molecule has 0 radical (unpaired) electrons. The van der Waals surface area contributed by atoms with Crippen molar-refractivity contribution in [3.8, 4) is 5.75 Å². The monoisotopic (exact) mass is 342 g/mol. The molecule has 1 aliphatic heterocycles. The van der Waals surface area contributed by atoms with Crippen LogP contribution in [0.15, 0.2) is 30.6 Å². The number of rotatable bonds is 6. The second kappa shape index (κ2) is 7.78. The lowest BCUT2D eigenvalue weighted by molar-refractivity contribution is 0.0831. The Morgan fingerprint density at radius 1 is 1.24 bits per heavy atom. The third-order valence-electron chi connectivity index (χ3n) is 4.71. The first-order chi connectivity index (χ1) is 12.0. The van der Waals surface area contributed by atoms with E-state index in [4.69, 9.17) is 0 Å². The highest BCUT2D eigenvalue weighted by Gasteiger charge is 2.26. The Bertz CT molecular complexity index is 700. The minimum atomic E-state index is 0.0642. The molecule has 134 valence electrons. The molecule has 0 bridgehead atoms. The molecule has 0 aliphatic carbocycles. The van der Waals surface area contributed by atoms with Crippen LogP contribution in [0.1, 0.15) is 42.9 Å². The van der Waals surface area contributed by atoms with Gasteiger partial charge in [0.15, 0.2) is 5.78 Å². The van der Waals surface area contributed by atoms with Gasteiger partial charge in [-0.15, -0.1) is 0 Å². The van der Waals surface area contributed by atoms with Crippen LogP contribution in [0.25, 0.3) is 0 Å². The zero-order valence-corrected chi connectivity index (χ0v) is 14.9. The molecule has 2 aromatic rings. The Hall–Kier alpha value is -2.21. The topological polar surface area (TPSA) is 71.2 Å². The molecule has 3 rings (SSSR count). The van der Waals surface area contributed by atoms with Gasteiger partial charge in [-0.1, -0.05) is 13.8 Å². The van der Waals surface area contributed by atoms with Gasteiger partial charge in [-0.25, -0.2) is 9.67 Å². The standard InChI is InChI=1S/C19H26N4O2/c1-14(2)11-23-18(20-13-21-23)12-22-9-7-16(8-10-22)19(25)15-3-5-17(24)6-4-15/h3-6,13-14,16,24H,7-12H2,1-2H3. The van der Waals surface area contributed by atoms with E-state index in [1.807, 2.05) is 4.68 Å². The summed E-state index contributed by atoms with van der Waals surface area (Å²) in [6, 6.07) is 6.56. The van der Waals surface area contributed by atoms with Crippen molar-refractivity contribution in [1.29, 1.82) is 0 Å². The first kappa shape index (κ1) is 17.6. The highest BCUT2D eigenvalue weighted by molar-refractivity contribution is 5.98. The summed E-state index contributed by atoms with van der Waals surface area (Å²) in [6.07, 6.45) is 3.34. The van der Waals surface area contributed by atoms with Crippen LogP contribution in [0.2, 0.25) is 0 Å². The second-order valence-corrected chi connectivity index (χ2v) is 7.21. The second-order valence-electron chi connectivity index (χ2n) is 7.21. The van der Waals surface area contributed by atoms with Crippen LogP contribution in [0.5, 0.6) is 5.75 Å². The number of likely N-dealkylation sites (tertiary alicyclic amines) is 1. The van der Waals surface area contributed by atoms with Gasteiger partial charge < -0.3 is 5.11 Å². The third kappa shape index (κ3) is 4.45. The maximum Gasteiger partial charge on any atom is 0.166 e. The van der Waals surface area contributed by atoms with E-state index in [2.05, 4.69) is 28.8 Å². The molecule has 0 unspecified atom stereocenters.